The third-order valence-corrected chi connectivity index (χ3v) is 2.98. The van der Waals surface area contributed by atoms with Crippen molar-refractivity contribution in [1.29, 1.82) is 0 Å². The van der Waals surface area contributed by atoms with E-state index < -0.39 is 0 Å². The summed E-state index contributed by atoms with van der Waals surface area (Å²) in [4.78, 5) is 0. The van der Waals surface area contributed by atoms with E-state index in [2.05, 4.69) is 44.1 Å². The molecule has 0 saturated heterocycles. The summed E-state index contributed by atoms with van der Waals surface area (Å²) >= 11 is 0. The second-order valence-electron chi connectivity index (χ2n) is 4.51. The molecule has 1 aliphatic heterocycles. The number of ether oxygens (including phenoxy) is 1. The van der Waals surface area contributed by atoms with Gasteiger partial charge in [0.15, 0.2) is 5.76 Å². The van der Waals surface area contributed by atoms with Crippen LogP contribution < -0.4 is 10.1 Å². The van der Waals surface area contributed by atoms with Crippen molar-refractivity contribution in [2.24, 2.45) is 0 Å². The highest BCUT2D eigenvalue weighted by Gasteiger charge is 2.17. The number of para-hydroxylation sites is 1. The number of rotatable bonds is 5. The molecule has 1 aromatic rings. The maximum Gasteiger partial charge on any atom is 0.150 e. The predicted octanol–water partition coefficient (Wildman–Crippen LogP) is 4.56. The first kappa shape index (κ1) is 13.9. The molecule has 1 heterocycles. The van der Waals surface area contributed by atoms with E-state index in [9.17, 15) is 0 Å². The summed E-state index contributed by atoms with van der Waals surface area (Å²) in [5.74, 6) is 1.54. The average molecular weight is 265 g/mol. The fraction of sp³-hybridized carbons (Fsp3) is 0.111. The summed E-state index contributed by atoms with van der Waals surface area (Å²) in [6.07, 6.45) is 6.78. The first-order valence-electron chi connectivity index (χ1n) is 6.62. The number of nitrogens with one attached hydrogen (secondary N) is 1. The molecule has 0 spiro atoms. The van der Waals surface area contributed by atoms with Gasteiger partial charge in [-0.1, -0.05) is 50.9 Å². The summed E-state index contributed by atoms with van der Waals surface area (Å²) in [6.45, 7) is 13.6. The molecule has 2 nitrogen and oxygen atoms in total. The summed E-state index contributed by atoms with van der Waals surface area (Å²) in [7, 11) is 0. The summed E-state index contributed by atoms with van der Waals surface area (Å²) in [5, 5.41) is 3.07. The van der Waals surface area contributed by atoms with Crippen molar-refractivity contribution < 1.29 is 4.74 Å². The highest BCUT2D eigenvalue weighted by atomic mass is 16.5. The van der Waals surface area contributed by atoms with Gasteiger partial charge in [-0.25, -0.2) is 0 Å². The van der Waals surface area contributed by atoms with Gasteiger partial charge in [0.2, 0.25) is 0 Å². The van der Waals surface area contributed by atoms with E-state index in [0.29, 0.717) is 17.2 Å². The van der Waals surface area contributed by atoms with Crippen molar-refractivity contribution in [3.63, 3.8) is 0 Å². The Morgan fingerprint density at radius 1 is 1.30 bits per heavy atom. The monoisotopic (exact) mass is 265 g/mol. The molecule has 20 heavy (non-hydrogen) atoms. The van der Waals surface area contributed by atoms with Gasteiger partial charge in [0.05, 0.1) is 5.70 Å². The fourth-order valence-electron chi connectivity index (χ4n) is 2.00. The lowest BCUT2D eigenvalue weighted by molar-refractivity contribution is 0.425. The van der Waals surface area contributed by atoms with E-state index >= 15 is 0 Å². The van der Waals surface area contributed by atoms with Crippen LogP contribution in [0.3, 0.4) is 0 Å². The van der Waals surface area contributed by atoms with Gasteiger partial charge in [0, 0.05) is 11.3 Å². The molecule has 102 valence electrons. The van der Waals surface area contributed by atoms with Gasteiger partial charge in [-0.05, 0) is 30.2 Å². The van der Waals surface area contributed by atoms with Gasteiger partial charge in [-0.15, -0.1) is 0 Å². The van der Waals surface area contributed by atoms with Crippen molar-refractivity contribution in [2.75, 3.05) is 0 Å². The third kappa shape index (κ3) is 2.91. The van der Waals surface area contributed by atoms with E-state index in [1.807, 2.05) is 24.3 Å². The Bertz CT molecular complexity index is 620. The summed E-state index contributed by atoms with van der Waals surface area (Å²) < 4.78 is 5.90. The molecule has 1 aromatic carbocycles. The summed E-state index contributed by atoms with van der Waals surface area (Å²) in [5.41, 5.74) is 3.62. The van der Waals surface area contributed by atoms with E-state index in [-0.39, 0.29) is 0 Å². The van der Waals surface area contributed by atoms with E-state index in [1.54, 1.807) is 6.08 Å². The van der Waals surface area contributed by atoms with Crippen molar-refractivity contribution in [2.45, 2.75) is 13.3 Å². The molecule has 0 radical (unpaired) electrons. The van der Waals surface area contributed by atoms with E-state index in [4.69, 9.17) is 4.74 Å². The Kier molecular flexibility index (Phi) is 4.26. The standard InChI is InChI=1S/C18H19NO/c1-5-9-15-12-18(14(4)19-13(3)6-2)20-17-11-8-7-10-16(15)17/h6-12,19H,2-5H2,1H3/b15-9-. The zero-order chi connectivity index (χ0) is 14.5. The van der Waals surface area contributed by atoms with Crippen LogP contribution in [0.5, 0.6) is 5.75 Å². The van der Waals surface area contributed by atoms with Crippen LogP contribution in [0, 0.1) is 0 Å². The Morgan fingerprint density at radius 2 is 2.05 bits per heavy atom. The minimum atomic E-state index is 0.673. The lowest BCUT2D eigenvalue weighted by Crippen LogP contribution is -2.16. The summed E-state index contributed by atoms with van der Waals surface area (Å²) in [6, 6.07) is 7.99. The third-order valence-electron chi connectivity index (χ3n) is 2.98. The van der Waals surface area contributed by atoms with Crippen LogP contribution in [-0.2, 0) is 0 Å². The molecule has 0 bridgehead atoms. The minimum absolute atomic E-state index is 0.673. The molecule has 0 atom stereocenters. The van der Waals surface area contributed by atoms with Crippen LogP contribution in [0.4, 0.5) is 0 Å². The van der Waals surface area contributed by atoms with Gasteiger partial charge in [0.25, 0.3) is 0 Å². The smallest absolute Gasteiger partial charge is 0.150 e. The highest BCUT2D eigenvalue weighted by Crippen LogP contribution is 2.35. The van der Waals surface area contributed by atoms with Crippen molar-refractivity contribution in [3.8, 4) is 5.75 Å². The molecule has 2 rings (SSSR count). The van der Waals surface area contributed by atoms with Gasteiger partial charge in [-0.3, -0.25) is 0 Å². The highest BCUT2D eigenvalue weighted by molar-refractivity contribution is 5.80. The van der Waals surface area contributed by atoms with Crippen LogP contribution in [0.15, 0.2) is 79.4 Å². The maximum absolute atomic E-state index is 5.90. The average Bonchev–Trinajstić information content (AvgIpc) is 2.47. The van der Waals surface area contributed by atoms with Crippen LogP contribution in [0.25, 0.3) is 5.57 Å². The second kappa shape index (κ2) is 6.11. The number of fused-ring (bicyclic) bond motifs is 1. The molecule has 0 fully saturated rings. The first-order chi connectivity index (χ1) is 9.65. The molecule has 2 heteroatoms. The van der Waals surface area contributed by atoms with Crippen LogP contribution in [-0.4, -0.2) is 0 Å². The lowest BCUT2D eigenvalue weighted by atomic mass is 10.00. The molecule has 0 amide bonds. The van der Waals surface area contributed by atoms with Gasteiger partial charge in [0.1, 0.15) is 5.75 Å². The SMILES string of the molecule is C=CC(=C)NC(=C)C1=C/C(=C/CC)c2ccccc2O1. The number of allylic oxidation sites excluding steroid dienone is 4. The van der Waals surface area contributed by atoms with Crippen LogP contribution >= 0.6 is 0 Å². The fourth-order valence-corrected chi connectivity index (χ4v) is 2.00. The zero-order valence-electron chi connectivity index (χ0n) is 11.8. The Hall–Kier alpha value is -2.48. The van der Waals surface area contributed by atoms with Crippen LogP contribution in [0.1, 0.15) is 18.9 Å². The van der Waals surface area contributed by atoms with Crippen molar-refractivity contribution in [1.82, 2.24) is 5.32 Å². The van der Waals surface area contributed by atoms with Crippen LogP contribution in [0.2, 0.25) is 0 Å². The molecule has 1 aliphatic rings. The molecule has 0 unspecified atom stereocenters. The van der Waals surface area contributed by atoms with Crippen molar-refractivity contribution >= 4 is 5.57 Å². The lowest BCUT2D eigenvalue weighted by Gasteiger charge is -2.22. The quantitative estimate of drug-likeness (QED) is 0.788. The molecule has 0 aromatic heterocycles. The molecule has 0 aliphatic carbocycles. The zero-order valence-corrected chi connectivity index (χ0v) is 11.8. The number of benzene rings is 1. The Morgan fingerprint density at radius 3 is 2.75 bits per heavy atom. The Labute approximate surface area is 120 Å². The van der Waals surface area contributed by atoms with E-state index in [1.165, 1.54) is 0 Å². The Balaban J connectivity index is 2.33. The topological polar surface area (TPSA) is 21.3 Å². The van der Waals surface area contributed by atoms with E-state index in [0.717, 1.165) is 23.3 Å². The molecular weight excluding hydrogens is 246 g/mol. The van der Waals surface area contributed by atoms with Gasteiger partial charge >= 0.3 is 0 Å². The normalized spacial score (nSPS) is 14.8. The molecular formula is C18H19NO. The number of hydrogen-bond donors (Lipinski definition) is 1. The molecule has 1 N–H and O–H groups in total. The molecule has 0 saturated carbocycles. The second-order valence-corrected chi connectivity index (χ2v) is 4.51. The minimum Gasteiger partial charge on any atom is -0.455 e. The predicted molar refractivity (Wildman–Crippen MR) is 85.0 cm³/mol. The first-order valence-corrected chi connectivity index (χ1v) is 6.62. The maximum atomic E-state index is 5.90. The van der Waals surface area contributed by atoms with Crippen molar-refractivity contribution in [3.05, 3.63) is 84.9 Å². The van der Waals surface area contributed by atoms with Gasteiger partial charge in [-0.2, -0.15) is 0 Å². The van der Waals surface area contributed by atoms with Gasteiger partial charge < -0.3 is 10.1 Å². The number of hydrogen-bond acceptors (Lipinski definition) is 2. The largest absolute Gasteiger partial charge is 0.455 e.